The third-order valence-electron chi connectivity index (χ3n) is 1.62. The number of nitrogens with zero attached hydrogens (tertiary/aromatic N) is 2. The first-order valence-corrected chi connectivity index (χ1v) is 3.81. The van der Waals surface area contributed by atoms with Crippen LogP contribution in [0.2, 0.25) is 0 Å². The summed E-state index contributed by atoms with van der Waals surface area (Å²) in [6.07, 6.45) is 1.58. The average molecular weight is 180 g/mol. The van der Waals surface area contributed by atoms with Gasteiger partial charge in [0.25, 0.3) is 5.91 Å². The van der Waals surface area contributed by atoms with Crippen LogP contribution in [0.15, 0.2) is 24.4 Å². The maximum Gasteiger partial charge on any atom is 0.259 e. The van der Waals surface area contributed by atoms with Crippen LogP contribution in [0.5, 0.6) is 0 Å². The molecule has 0 aliphatic carbocycles. The van der Waals surface area contributed by atoms with E-state index in [0.717, 1.165) is 5.01 Å². The lowest BCUT2D eigenvalue weighted by Gasteiger charge is -2.15. The van der Waals surface area contributed by atoms with Crippen molar-refractivity contribution >= 4 is 5.91 Å². The summed E-state index contributed by atoms with van der Waals surface area (Å²) in [5.41, 5.74) is 6.12. The highest BCUT2D eigenvalue weighted by atomic mass is 16.2. The molecule has 0 aliphatic heterocycles. The van der Waals surface area contributed by atoms with E-state index < -0.39 is 6.04 Å². The van der Waals surface area contributed by atoms with Crippen LogP contribution in [0.1, 0.15) is 11.7 Å². The van der Waals surface area contributed by atoms with Crippen molar-refractivity contribution in [2.24, 2.45) is 11.6 Å². The molecule has 1 aromatic rings. The summed E-state index contributed by atoms with van der Waals surface area (Å²) in [5, 5.41) is 0.958. The maximum atomic E-state index is 11.3. The Morgan fingerprint density at radius 2 is 2.31 bits per heavy atom. The van der Waals surface area contributed by atoms with Crippen molar-refractivity contribution in [3.63, 3.8) is 0 Å². The van der Waals surface area contributed by atoms with Gasteiger partial charge < -0.3 is 5.73 Å². The number of pyridine rings is 1. The molecular formula is C8H12N4O. The molecule has 0 radical (unpaired) electrons. The summed E-state index contributed by atoms with van der Waals surface area (Å²) in [6, 6.07) is 4.43. The molecule has 13 heavy (non-hydrogen) atoms. The van der Waals surface area contributed by atoms with Crippen LogP contribution in [0.4, 0.5) is 0 Å². The molecule has 0 fully saturated rings. The van der Waals surface area contributed by atoms with Crippen LogP contribution in [0, 0.1) is 0 Å². The van der Waals surface area contributed by atoms with E-state index in [1.54, 1.807) is 24.4 Å². The van der Waals surface area contributed by atoms with Crippen molar-refractivity contribution in [1.82, 2.24) is 9.99 Å². The van der Waals surface area contributed by atoms with Gasteiger partial charge in [-0.15, -0.1) is 0 Å². The number of hydrogen-bond donors (Lipinski definition) is 2. The predicted octanol–water partition coefficient (Wildman–Crippen LogP) is -0.586. The van der Waals surface area contributed by atoms with Crippen LogP contribution in [0.25, 0.3) is 0 Å². The van der Waals surface area contributed by atoms with Crippen LogP contribution >= 0.6 is 0 Å². The molecule has 1 rings (SSSR count). The van der Waals surface area contributed by atoms with Crippen molar-refractivity contribution in [1.29, 1.82) is 0 Å². The normalized spacial score (nSPS) is 12.2. The van der Waals surface area contributed by atoms with E-state index in [1.807, 2.05) is 0 Å². The minimum atomic E-state index is -0.781. The smallest absolute Gasteiger partial charge is 0.259 e. The summed E-state index contributed by atoms with van der Waals surface area (Å²) >= 11 is 0. The van der Waals surface area contributed by atoms with Gasteiger partial charge in [0.2, 0.25) is 0 Å². The van der Waals surface area contributed by atoms with Crippen molar-refractivity contribution in [2.45, 2.75) is 6.04 Å². The first-order valence-electron chi connectivity index (χ1n) is 3.81. The monoisotopic (exact) mass is 180 g/mol. The van der Waals surface area contributed by atoms with Gasteiger partial charge in [-0.3, -0.25) is 14.8 Å². The van der Waals surface area contributed by atoms with E-state index in [-0.39, 0.29) is 5.91 Å². The van der Waals surface area contributed by atoms with Gasteiger partial charge in [-0.05, 0) is 12.1 Å². The number of carbonyl (C=O) groups excluding carboxylic acids is 1. The van der Waals surface area contributed by atoms with Gasteiger partial charge >= 0.3 is 0 Å². The second-order valence-electron chi connectivity index (χ2n) is 2.68. The van der Waals surface area contributed by atoms with E-state index in [1.165, 1.54) is 7.05 Å². The molecule has 1 unspecified atom stereocenters. The fraction of sp³-hybridized carbons (Fsp3) is 0.250. The number of nitrogens with two attached hydrogens (primary N) is 2. The maximum absolute atomic E-state index is 11.3. The third-order valence-corrected chi connectivity index (χ3v) is 1.62. The molecule has 4 N–H and O–H groups in total. The second-order valence-corrected chi connectivity index (χ2v) is 2.68. The molecule has 0 saturated heterocycles. The number of carbonyl (C=O) groups is 1. The summed E-state index contributed by atoms with van der Waals surface area (Å²) in [5.74, 6) is 4.89. The molecule has 1 amide bonds. The number of rotatable bonds is 2. The lowest BCUT2D eigenvalue weighted by Crippen LogP contribution is -2.40. The number of aromatic nitrogens is 1. The zero-order chi connectivity index (χ0) is 9.84. The highest BCUT2D eigenvalue weighted by Crippen LogP contribution is 2.06. The average Bonchev–Trinajstić information content (AvgIpc) is 2.17. The number of amides is 1. The highest BCUT2D eigenvalue weighted by molar-refractivity contribution is 5.81. The topological polar surface area (TPSA) is 85.2 Å². The minimum Gasteiger partial charge on any atom is -0.315 e. The molecule has 0 aromatic carbocycles. The van der Waals surface area contributed by atoms with Gasteiger partial charge in [0.05, 0.1) is 5.69 Å². The first kappa shape index (κ1) is 9.63. The Kier molecular flexibility index (Phi) is 2.94. The van der Waals surface area contributed by atoms with Gasteiger partial charge in [-0.1, -0.05) is 6.07 Å². The standard InChI is InChI=1S/C8H12N4O/c1-12(10)8(13)7(9)6-4-2-3-5-11-6/h2-5,7H,9-10H2,1H3. The predicted molar refractivity (Wildman–Crippen MR) is 48.1 cm³/mol. The molecule has 70 valence electrons. The van der Waals surface area contributed by atoms with Gasteiger partial charge in [-0.25, -0.2) is 5.84 Å². The summed E-state index contributed by atoms with van der Waals surface area (Å²) in [7, 11) is 1.45. The van der Waals surface area contributed by atoms with Crippen molar-refractivity contribution < 1.29 is 4.79 Å². The van der Waals surface area contributed by atoms with Crippen LogP contribution in [-0.2, 0) is 4.79 Å². The molecule has 1 atom stereocenters. The number of likely N-dealkylation sites (N-methyl/N-ethyl adjacent to an activating group) is 1. The van der Waals surface area contributed by atoms with E-state index >= 15 is 0 Å². The number of hydrogen-bond acceptors (Lipinski definition) is 4. The lowest BCUT2D eigenvalue weighted by atomic mass is 10.2. The Hall–Kier alpha value is -1.46. The first-order chi connectivity index (χ1) is 6.13. The third kappa shape index (κ3) is 2.24. The fourth-order valence-electron chi connectivity index (χ4n) is 0.906. The molecule has 0 bridgehead atoms. The molecule has 1 heterocycles. The van der Waals surface area contributed by atoms with Crippen LogP contribution in [0.3, 0.4) is 0 Å². The van der Waals surface area contributed by atoms with E-state index in [0.29, 0.717) is 5.69 Å². The number of hydrazine groups is 1. The largest absolute Gasteiger partial charge is 0.315 e. The van der Waals surface area contributed by atoms with Gasteiger partial charge in [0.15, 0.2) is 0 Å². The quantitative estimate of drug-likeness (QED) is 0.362. The fourth-order valence-corrected chi connectivity index (χ4v) is 0.906. The van der Waals surface area contributed by atoms with E-state index in [9.17, 15) is 4.79 Å². The Balaban J connectivity index is 2.80. The van der Waals surface area contributed by atoms with Crippen molar-refractivity contribution in [3.8, 4) is 0 Å². The zero-order valence-corrected chi connectivity index (χ0v) is 7.34. The summed E-state index contributed by atoms with van der Waals surface area (Å²) < 4.78 is 0. The molecular weight excluding hydrogens is 168 g/mol. The Morgan fingerprint density at radius 3 is 2.77 bits per heavy atom. The molecule has 0 spiro atoms. The molecule has 0 saturated carbocycles. The molecule has 5 heteroatoms. The lowest BCUT2D eigenvalue weighted by molar-refractivity contribution is -0.131. The minimum absolute atomic E-state index is 0.362. The summed E-state index contributed by atoms with van der Waals surface area (Å²) in [6.45, 7) is 0. The second kappa shape index (κ2) is 3.97. The SMILES string of the molecule is CN(N)C(=O)C(N)c1ccccn1. The Labute approximate surface area is 76.3 Å². The van der Waals surface area contributed by atoms with Crippen LogP contribution in [-0.4, -0.2) is 22.9 Å². The van der Waals surface area contributed by atoms with Gasteiger partial charge in [0.1, 0.15) is 6.04 Å². The van der Waals surface area contributed by atoms with Gasteiger partial charge in [0, 0.05) is 13.2 Å². The van der Waals surface area contributed by atoms with Crippen molar-refractivity contribution in [2.75, 3.05) is 7.05 Å². The molecule has 5 nitrogen and oxygen atoms in total. The van der Waals surface area contributed by atoms with Gasteiger partial charge in [-0.2, -0.15) is 0 Å². The van der Waals surface area contributed by atoms with E-state index in [4.69, 9.17) is 11.6 Å². The summed E-state index contributed by atoms with van der Waals surface area (Å²) in [4.78, 5) is 15.2. The Bertz CT molecular complexity index is 285. The highest BCUT2D eigenvalue weighted by Gasteiger charge is 2.18. The van der Waals surface area contributed by atoms with Crippen LogP contribution < -0.4 is 11.6 Å². The molecule has 1 aromatic heterocycles. The van der Waals surface area contributed by atoms with E-state index in [2.05, 4.69) is 4.98 Å². The zero-order valence-electron chi connectivity index (χ0n) is 7.34. The van der Waals surface area contributed by atoms with Crippen molar-refractivity contribution in [3.05, 3.63) is 30.1 Å². The molecule has 0 aliphatic rings. The Morgan fingerprint density at radius 1 is 1.62 bits per heavy atom.